The van der Waals surface area contributed by atoms with Gasteiger partial charge in [0.15, 0.2) is 5.03 Å². The third-order valence-electron chi connectivity index (χ3n) is 7.46. The number of benzene rings is 1. The molecule has 0 radical (unpaired) electrons. The van der Waals surface area contributed by atoms with Crippen LogP contribution >= 0.6 is 0 Å². The van der Waals surface area contributed by atoms with Crippen molar-refractivity contribution in [2.75, 3.05) is 29.9 Å². The standard InChI is InChI=1S/C29H36N6O3S/c1-21-17-29(2,3)35(18-21)27-24(11-8-15-30-27)28(36)33-39(37,38)26-13-7-12-25(32-26)31-23-14-16-34(20-23)19-22-9-5-4-6-10-22/h4-13,15,21,23H,14,16-20H2,1-3H3,(H,31,32)(H,33,36). The molecule has 0 aliphatic carbocycles. The highest BCUT2D eigenvalue weighted by Crippen LogP contribution is 2.37. The molecule has 9 nitrogen and oxygen atoms in total. The Kier molecular flexibility index (Phi) is 7.59. The molecule has 2 atom stereocenters. The molecule has 2 aliphatic heterocycles. The minimum Gasteiger partial charge on any atom is -0.366 e. The summed E-state index contributed by atoms with van der Waals surface area (Å²) in [6.07, 6.45) is 3.51. The number of anilines is 2. The Bertz CT molecular complexity index is 1430. The predicted molar refractivity (Wildman–Crippen MR) is 152 cm³/mol. The molecule has 1 aromatic carbocycles. The lowest BCUT2D eigenvalue weighted by atomic mass is 9.97. The van der Waals surface area contributed by atoms with Crippen LogP contribution in [0.1, 0.15) is 49.5 Å². The van der Waals surface area contributed by atoms with Crippen LogP contribution in [0.3, 0.4) is 0 Å². The smallest absolute Gasteiger partial charge is 0.281 e. The van der Waals surface area contributed by atoms with Crippen LogP contribution in [-0.4, -0.2) is 60.4 Å². The molecule has 0 saturated carbocycles. The molecule has 206 valence electrons. The van der Waals surface area contributed by atoms with Gasteiger partial charge < -0.3 is 10.2 Å². The Morgan fingerprint density at radius 1 is 1.05 bits per heavy atom. The summed E-state index contributed by atoms with van der Waals surface area (Å²) in [4.78, 5) is 26.5. The zero-order valence-electron chi connectivity index (χ0n) is 22.7. The number of nitrogens with one attached hydrogen (secondary N) is 2. The van der Waals surface area contributed by atoms with Gasteiger partial charge in [-0.15, -0.1) is 0 Å². The summed E-state index contributed by atoms with van der Waals surface area (Å²) in [7, 11) is -4.20. The van der Waals surface area contributed by atoms with Gasteiger partial charge in [-0.3, -0.25) is 9.69 Å². The third kappa shape index (κ3) is 6.23. The van der Waals surface area contributed by atoms with Crippen molar-refractivity contribution < 1.29 is 13.2 Å². The van der Waals surface area contributed by atoms with Gasteiger partial charge in [-0.05, 0) is 62.4 Å². The van der Waals surface area contributed by atoms with Crippen LogP contribution in [0.25, 0.3) is 0 Å². The maximum atomic E-state index is 13.2. The van der Waals surface area contributed by atoms with Crippen molar-refractivity contribution >= 4 is 27.6 Å². The van der Waals surface area contributed by atoms with Crippen LogP contribution in [-0.2, 0) is 16.6 Å². The number of hydrogen-bond acceptors (Lipinski definition) is 8. The largest absolute Gasteiger partial charge is 0.366 e. The van der Waals surface area contributed by atoms with Crippen molar-refractivity contribution in [1.29, 1.82) is 0 Å². The first kappa shape index (κ1) is 27.1. The molecule has 39 heavy (non-hydrogen) atoms. The van der Waals surface area contributed by atoms with Crippen molar-refractivity contribution in [3.8, 4) is 0 Å². The van der Waals surface area contributed by atoms with E-state index in [1.807, 2.05) is 18.2 Å². The van der Waals surface area contributed by atoms with E-state index in [4.69, 9.17) is 0 Å². The fourth-order valence-electron chi connectivity index (χ4n) is 5.77. The number of likely N-dealkylation sites (tertiary alicyclic amines) is 1. The van der Waals surface area contributed by atoms with Gasteiger partial charge in [0.1, 0.15) is 11.6 Å². The van der Waals surface area contributed by atoms with Crippen LogP contribution < -0.4 is 14.9 Å². The highest BCUT2D eigenvalue weighted by atomic mass is 32.2. The molecule has 2 N–H and O–H groups in total. The van der Waals surface area contributed by atoms with E-state index in [0.29, 0.717) is 17.6 Å². The molecule has 0 spiro atoms. The number of hydrogen-bond donors (Lipinski definition) is 2. The van der Waals surface area contributed by atoms with Gasteiger partial charge in [-0.2, -0.15) is 8.42 Å². The number of aromatic nitrogens is 2. The van der Waals surface area contributed by atoms with Crippen molar-refractivity contribution in [2.24, 2.45) is 5.92 Å². The van der Waals surface area contributed by atoms with Crippen LogP contribution in [0, 0.1) is 5.92 Å². The summed E-state index contributed by atoms with van der Waals surface area (Å²) >= 11 is 0. The van der Waals surface area contributed by atoms with Gasteiger partial charge in [0.05, 0.1) is 5.56 Å². The Morgan fingerprint density at radius 3 is 2.59 bits per heavy atom. The van der Waals surface area contributed by atoms with Crippen LogP contribution in [0.2, 0.25) is 0 Å². The van der Waals surface area contributed by atoms with Gasteiger partial charge in [0, 0.05) is 44.0 Å². The second kappa shape index (κ2) is 10.9. The Morgan fingerprint density at radius 2 is 1.85 bits per heavy atom. The summed E-state index contributed by atoms with van der Waals surface area (Å²) in [5, 5.41) is 3.16. The number of carbonyl (C=O) groups excluding carboxylic acids is 1. The molecule has 2 aliphatic rings. The summed E-state index contributed by atoms with van der Waals surface area (Å²) < 4.78 is 28.6. The second-order valence-electron chi connectivity index (χ2n) is 11.3. The van der Waals surface area contributed by atoms with E-state index in [-0.39, 0.29) is 22.2 Å². The SMILES string of the molecule is CC1CN(c2ncccc2C(=O)NS(=O)(=O)c2cccc(NC3CCN(Cc4ccccc4)C3)n2)C(C)(C)C1. The molecule has 2 fully saturated rings. The first-order valence-electron chi connectivity index (χ1n) is 13.4. The minimum absolute atomic E-state index is 0.151. The molecule has 0 bridgehead atoms. The lowest BCUT2D eigenvalue weighted by molar-refractivity contribution is 0.0981. The van der Waals surface area contributed by atoms with E-state index in [9.17, 15) is 13.2 Å². The maximum Gasteiger partial charge on any atom is 0.281 e. The maximum absolute atomic E-state index is 13.2. The highest BCUT2D eigenvalue weighted by Gasteiger charge is 2.39. The lowest BCUT2D eigenvalue weighted by Gasteiger charge is -2.33. The number of amides is 1. The minimum atomic E-state index is -4.20. The lowest BCUT2D eigenvalue weighted by Crippen LogP contribution is -2.41. The summed E-state index contributed by atoms with van der Waals surface area (Å²) in [6, 6.07) is 18.5. The first-order valence-corrected chi connectivity index (χ1v) is 14.9. The quantitative estimate of drug-likeness (QED) is 0.436. The van der Waals surface area contributed by atoms with E-state index >= 15 is 0 Å². The third-order valence-corrected chi connectivity index (χ3v) is 8.69. The Labute approximate surface area is 230 Å². The molecule has 3 aromatic rings. The average molecular weight is 549 g/mol. The monoisotopic (exact) mass is 548 g/mol. The summed E-state index contributed by atoms with van der Waals surface area (Å²) in [5.74, 6) is 0.670. The number of sulfonamides is 1. The van der Waals surface area contributed by atoms with Crippen LogP contribution in [0.5, 0.6) is 0 Å². The fraction of sp³-hybridized carbons (Fsp3) is 0.414. The van der Waals surface area contributed by atoms with Gasteiger partial charge in [0.25, 0.3) is 15.9 Å². The van der Waals surface area contributed by atoms with E-state index in [1.54, 1.807) is 30.5 Å². The molecule has 2 aromatic heterocycles. The fourth-order valence-corrected chi connectivity index (χ4v) is 6.70. The van der Waals surface area contributed by atoms with Gasteiger partial charge in [-0.25, -0.2) is 14.7 Å². The first-order chi connectivity index (χ1) is 18.6. The van der Waals surface area contributed by atoms with Gasteiger partial charge >= 0.3 is 0 Å². The van der Waals surface area contributed by atoms with Crippen molar-refractivity contribution in [3.05, 3.63) is 78.0 Å². The summed E-state index contributed by atoms with van der Waals surface area (Å²) in [5.41, 5.74) is 1.29. The number of pyridine rings is 2. The second-order valence-corrected chi connectivity index (χ2v) is 12.9. The van der Waals surface area contributed by atoms with Crippen molar-refractivity contribution in [1.82, 2.24) is 19.6 Å². The van der Waals surface area contributed by atoms with E-state index in [2.05, 4.69) is 62.7 Å². The van der Waals surface area contributed by atoms with Gasteiger partial charge in [-0.1, -0.05) is 43.3 Å². The van der Waals surface area contributed by atoms with Crippen molar-refractivity contribution in [2.45, 2.75) is 56.8 Å². The average Bonchev–Trinajstić information content (AvgIpc) is 3.45. The molecule has 2 saturated heterocycles. The number of carbonyl (C=O) groups is 1. The zero-order chi connectivity index (χ0) is 27.6. The molecule has 4 heterocycles. The van der Waals surface area contributed by atoms with Crippen LogP contribution in [0.4, 0.5) is 11.6 Å². The molecule has 10 heteroatoms. The normalized spacial score (nSPS) is 21.2. The van der Waals surface area contributed by atoms with Gasteiger partial charge in [0.2, 0.25) is 0 Å². The van der Waals surface area contributed by atoms with E-state index in [0.717, 1.165) is 39.0 Å². The summed E-state index contributed by atoms with van der Waals surface area (Å²) in [6.45, 7) is 9.77. The molecular weight excluding hydrogens is 512 g/mol. The zero-order valence-corrected chi connectivity index (χ0v) is 23.5. The number of nitrogens with zero attached hydrogens (tertiary/aromatic N) is 4. The molecule has 1 amide bonds. The Hall–Kier alpha value is -3.50. The number of rotatable bonds is 8. The van der Waals surface area contributed by atoms with Crippen LogP contribution in [0.15, 0.2) is 71.9 Å². The molecule has 5 rings (SSSR count). The predicted octanol–water partition coefficient (Wildman–Crippen LogP) is 3.91. The van der Waals surface area contributed by atoms with E-state index < -0.39 is 15.9 Å². The van der Waals surface area contributed by atoms with Crippen molar-refractivity contribution in [3.63, 3.8) is 0 Å². The van der Waals surface area contributed by atoms with E-state index in [1.165, 1.54) is 11.6 Å². The molecule has 2 unspecified atom stereocenters. The Balaban J connectivity index is 1.26. The topological polar surface area (TPSA) is 108 Å². The molecular formula is C29H36N6O3S. The highest BCUT2D eigenvalue weighted by molar-refractivity contribution is 7.90.